The predicted molar refractivity (Wildman–Crippen MR) is 102 cm³/mol. The Hall–Kier alpha value is -2.57. The lowest BCUT2D eigenvalue weighted by Crippen LogP contribution is -2.37. The normalized spacial score (nSPS) is 14.3. The minimum Gasteiger partial charge on any atom is -0.493 e. The van der Waals surface area contributed by atoms with Crippen LogP contribution in [0, 0.1) is 12.8 Å². The molecule has 1 aromatic heterocycles. The summed E-state index contributed by atoms with van der Waals surface area (Å²) in [5.74, 6) is 3.30. The van der Waals surface area contributed by atoms with Crippen molar-refractivity contribution >= 4 is 5.96 Å². The summed E-state index contributed by atoms with van der Waals surface area (Å²) in [4.78, 5) is 8.93. The molecule has 7 nitrogen and oxygen atoms in total. The molecule has 1 fully saturated rings. The number of aryl methyl sites for hydroxylation is 2. The highest BCUT2D eigenvalue weighted by atomic mass is 16.5. The van der Waals surface area contributed by atoms with E-state index in [1.807, 2.05) is 7.05 Å². The van der Waals surface area contributed by atoms with Crippen molar-refractivity contribution in [3.05, 3.63) is 41.5 Å². The SMILES string of the molecule is CCNC(=NCc1ccc(C)cc1OCC1CC1)NCc1ncnn1C. The zero-order valence-corrected chi connectivity index (χ0v) is 15.8. The highest BCUT2D eigenvalue weighted by Gasteiger charge is 2.22. The van der Waals surface area contributed by atoms with Gasteiger partial charge in [-0.2, -0.15) is 5.10 Å². The zero-order valence-electron chi connectivity index (χ0n) is 15.8. The number of rotatable bonds is 8. The lowest BCUT2D eigenvalue weighted by molar-refractivity contribution is 0.296. The Balaban J connectivity index is 1.65. The largest absolute Gasteiger partial charge is 0.493 e. The third kappa shape index (κ3) is 5.21. The van der Waals surface area contributed by atoms with Crippen LogP contribution in [0.2, 0.25) is 0 Å². The molecule has 0 spiro atoms. The van der Waals surface area contributed by atoms with E-state index in [0.717, 1.165) is 42.2 Å². The minimum absolute atomic E-state index is 0.564. The van der Waals surface area contributed by atoms with Crippen molar-refractivity contribution in [3.8, 4) is 5.75 Å². The number of ether oxygens (including phenoxy) is 1. The number of hydrogen-bond donors (Lipinski definition) is 2. The van der Waals surface area contributed by atoms with Gasteiger partial charge >= 0.3 is 0 Å². The molecule has 1 aliphatic carbocycles. The van der Waals surface area contributed by atoms with Crippen LogP contribution >= 0.6 is 0 Å². The topological polar surface area (TPSA) is 76.4 Å². The molecule has 0 atom stereocenters. The van der Waals surface area contributed by atoms with Crippen LogP contribution in [-0.2, 0) is 20.1 Å². The summed E-state index contributed by atoms with van der Waals surface area (Å²) in [5.41, 5.74) is 2.31. The average Bonchev–Trinajstić information content (AvgIpc) is 3.37. The molecule has 1 saturated carbocycles. The maximum Gasteiger partial charge on any atom is 0.191 e. The third-order valence-electron chi connectivity index (χ3n) is 4.36. The first kappa shape index (κ1) is 18.2. The second-order valence-corrected chi connectivity index (χ2v) is 6.71. The molecule has 2 aromatic rings. The van der Waals surface area contributed by atoms with Gasteiger partial charge in [-0.1, -0.05) is 12.1 Å². The van der Waals surface area contributed by atoms with E-state index < -0.39 is 0 Å². The summed E-state index contributed by atoms with van der Waals surface area (Å²) in [6.45, 7) is 6.88. The van der Waals surface area contributed by atoms with E-state index in [0.29, 0.717) is 13.1 Å². The molecular weight excluding hydrogens is 328 g/mol. The number of hydrogen-bond acceptors (Lipinski definition) is 4. The van der Waals surface area contributed by atoms with Gasteiger partial charge in [-0.05, 0) is 44.2 Å². The maximum absolute atomic E-state index is 6.04. The lowest BCUT2D eigenvalue weighted by Gasteiger charge is -2.13. The molecule has 0 saturated heterocycles. The molecule has 0 radical (unpaired) electrons. The standard InChI is InChI=1S/C19H28N6O/c1-4-20-19(22-11-18-23-13-24-25(18)3)21-10-16-8-5-14(2)9-17(16)26-12-15-6-7-15/h5,8-9,13,15H,4,6-7,10-12H2,1-3H3,(H2,20,21,22). The molecule has 1 aromatic carbocycles. The first-order chi connectivity index (χ1) is 12.7. The Morgan fingerprint density at radius 2 is 2.19 bits per heavy atom. The fourth-order valence-corrected chi connectivity index (χ4v) is 2.57. The number of aromatic nitrogens is 3. The van der Waals surface area contributed by atoms with Crippen LogP contribution in [0.3, 0.4) is 0 Å². The summed E-state index contributed by atoms with van der Waals surface area (Å²) in [7, 11) is 1.88. The first-order valence-electron chi connectivity index (χ1n) is 9.23. The van der Waals surface area contributed by atoms with Crippen molar-refractivity contribution in [1.29, 1.82) is 0 Å². The van der Waals surface area contributed by atoms with Crippen molar-refractivity contribution in [1.82, 2.24) is 25.4 Å². The first-order valence-corrected chi connectivity index (χ1v) is 9.23. The molecule has 0 unspecified atom stereocenters. The summed E-state index contributed by atoms with van der Waals surface area (Å²) < 4.78 is 7.79. The molecule has 0 aliphatic heterocycles. The van der Waals surface area contributed by atoms with Crippen LogP contribution < -0.4 is 15.4 Å². The Labute approximate surface area is 154 Å². The van der Waals surface area contributed by atoms with Crippen LogP contribution in [-0.4, -0.2) is 33.9 Å². The summed E-state index contributed by atoms with van der Waals surface area (Å²) >= 11 is 0. The fraction of sp³-hybridized carbons (Fsp3) is 0.526. The highest BCUT2D eigenvalue weighted by Crippen LogP contribution is 2.30. The van der Waals surface area contributed by atoms with E-state index in [-0.39, 0.29) is 0 Å². The van der Waals surface area contributed by atoms with Crippen molar-refractivity contribution in [2.75, 3.05) is 13.2 Å². The number of nitrogens with zero attached hydrogens (tertiary/aromatic N) is 4. The molecule has 7 heteroatoms. The summed E-state index contributed by atoms with van der Waals surface area (Å²) in [5, 5.41) is 10.6. The molecule has 3 rings (SSSR count). The molecule has 1 heterocycles. The van der Waals surface area contributed by atoms with Crippen LogP contribution in [0.4, 0.5) is 0 Å². The van der Waals surface area contributed by atoms with Crippen LogP contribution in [0.1, 0.15) is 36.7 Å². The van der Waals surface area contributed by atoms with Gasteiger partial charge in [0.25, 0.3) is 0 Å². The van der Waals surface area contributed by atoms with Gasteiger partial charge in [-0.25, -0.2) is 9.98 Å². The highest BCUT2D eigenvalue weighted by molar-refractivity contribution is 5.79. The van der Waals surface area contributed by atoms with E-state index in [2.05, 4.69) is 52.8 Å². The molecule has 26 heavy (non-hydrogen) atoms. The molecule has 0 bridgehead atoms. The number of nitrogens with one attached hydrogen (secondary N) is 2. The Kier molecular flexibility index (Phi) is 6.09. The van der Waals surface area contributed by atoms with Crippen molar-refractivity contribution < 1.29 is 4.74 Å². The van der Waals surface area contributed by atoms with Crippen molar-refractivity contribution in [2.24, 2.45) is 18.0 Å². The maximum atomic E-state index is 6.04. The number of benzene rings is 1. The second kappa shape index (κ2) is 8.69. The van der Waals surface area contributed by atoms with E-state index in [1.54, 1.807) is 11.0 Å². The Morgan fingerprint density at radius 3 is 2.88 bits per heavy atom. The number of guanidine groups is 1. The summed E-state index contributed by atoms with van der Waals surface area (Å²) in [6, 6.07) is 6.31. The monoisotopic (exact) mass is 356 g/mol. The van der Waals surface area contributed by atoms with Crippen molar-refractivity contribution in [3.63, 3.8) is 0 Å². The van der Waals surface area contributed by atoms with Crippen molar-refractivity contribution in [2.45, 2.75) is 39.8 Å². The zero-order chi connectivity index (χ0) is 18.4. The van der Waals surface area contributed by atoms with E-state index in [1.165, 1.54) is 18.4 Å². The Morgan fingerprint density at radius 1 is 1.35 bits per heavy atom. The molecule has 0 amide bonds. The quantitative estimate of drug-likeness (QED) is 0.560. The molecular formula is C19H28N6O. The second-order valence-electron chi connectivity index (χ2n) is 6.71. The van der Waals surface area contributed by atoms with Gasteiger partial charge in [0.1, 0.15) is 17.9 Å². The predicted octanol–water partition coefficient (Wildman–Crippen LogP) is 2.17. The van der Waals surface area contributed by atoms with Gasteiger partial charge in [0.05, 0.1) is 19.7 Å². The average molecular weight is 356 g/mol. The van der Waals surface area contributed by atoms with E-state index in [4.69, 9.17) is 9.73 Å². The van der Waals surface area contributed by atoms with Crippen LogP contribution in [0.5, 0.6) is 5.75 Å². The smallest absolute Gasteiger partial charge is 0.191 e. The lowest BCUT2D eigenvalue weighted by atomic mass is 10.1. The number of aliphatic imine (C=N–C) groups is 1. The third-order valence-corrected chi connectivity index (χ3v) is 4.36. The minimum atomic E-state index is 0.564. The van der Waals surface area contributed by atoms with Gasteiger partial charge in [0.15, 0.2) is 5.96 Å². The molecule has 1 aliphatic rings. The van der Waals surface area contributed by atoms with E-state index in [9.17, 15) is 0 Å². The van der Waals surface area contributed by atoms with Crippen LogP contribution in [0.25, 0.3) is 0 Å². The van der Waals surface area contributed by atoms with Crippen LogP contribution in [0.15, 0.2) is 29.5 Å². The van der Waals surface area contributed by atoms with E-state index >= 15 is 0 Å². The van der Waals surface area contributed by atoms with Gasteiger partial charge in [-0.3, -0.25) is 4.68 Å². The van der Waals surface area contributed by atoms with Gasteiger partial charge in [0.2, 0.25) is 0 Å². The molecule has 2 N–H and O–H groups in total. The fourth-order valence-electron chi connectivity index (χ4n) is 2.57. The molecule has 140 valence electrons. The summed E-state index contributed by atoms with van der Waals surface area (Å²) in [6.07, 6.45) is 4.13. The van der Waals surface area contributed by atoms with Gasteiger partial charge < -0.3 is 15.4 Å². The van der Waals surface area contributed by atoms with Gasteiger partial charge in [0, 0.05) is 19.2 Å². The van der Waals surface area contributed by atoms with Gasteiger partial charge in [-0.15, -0.1) is 0 Å². The Bertz CT molecular complexity index is 750.